The number of nitrogens with two attached hydrogens (primary N) is 1. The molecule has 176 valence electrons. The molecule has 1 unspecified atom stereocenters. The van der Waals surface area contributed by atoms with Crippen LogP contribution >= 0.6 is 23.7 Å². The number of H-pyrrole nitrogens is 1. The molecule has 0 spiro atoms. The van der Waals surface area contributed by atoms with Gasteiger partial charge in [-0.3, -0.25) is 4.79 Å². The van der Waals surface area contributed by atoms with Crippen LogP contribution in [0.1, 0.15) is 50.7 Å². The summed E-state index contributed by atoms with van der Waals surface area (Å²) >= 11 is 1.13. The molecular formula is C25H35ClN2O3S. The molecule has 0 aliphatic rings. The van der Waals surface area contributed by atoms with E-state index >= 15 is 0 Å². The standard InChI is InChI=1S/C25H34N2O3S.ClH/c1-25(2,13-6-7-14-30-15-12-18-8-4-3-5-9-18)17-20(26)16-19-10-11-21(28)22-23(19)31-24(29)27-22;/h3-5,8-11,20,28H,6-7,12-17,26H2,1-2H3,(H,27,29);1H. The van der Waals surface area contributed by atoms with Gasteiger partial charge < -0.3 is 20.6 Å². The number of unbranched alkanes of at least 4 members (excludes halogenated alkanes) is 1. The fourth-order valence-electron chi connectivity index (χ4n) is 4.14. The van der Waals surface area contributed by atoms with Crippen molar-refractivity contribution >= 4 is 34.0 Å². The second kappa shape index (κ2) is 12.4. The minimum absolute atomic E-state index is 0. The van der Waals surface area contributed by atoms with Gasteiger partial charge in [-0.2, -0.15) is 0 Å². The molecule has 1 aromatic heterocycles. The van der Waals surface area contributed by atoms with E-state index in [0.717, 1.165) is 66.9 Å². The average molecular weight is 479 g/mol. The van der Waals surface area contributed by atoms with Gasteiger partial charge in [-0.05, 0) is 54.7 Å². The van der Waals surface area contributed by atoms with Crippen molar-refractivity contribution in [3.05, 3.63) is 63.3 Å². The Labute approximate surface area is 200 Å². The molecule has 0 aliphatic heterocycles. The second-order valence-corrected chi connectivity index (χ2v) is 10.1. The lowest BCUT2D eigenvalue weighted by atomic mass is 9.80. The summed E-state index contributed by atoms with van der Waals surface area (Å²) in [6.07, 6.45) is 5.84. The number of hydrogen-bond donors (Lipinski definition) is 3. The van der Waals surface area contributed by atoms with Gasteiger partial charge in [0.05, 0.1) is 11.3 Å². The van der Waals surface area contributed by atoms with Crippen LogP contribution in [0.25, 0.3) is 10.2 Å². The fraction of sp³-hybridized carbons (Fsp3) is 0.480. The molecule has 0 amide bonds. The van der Waals surface area contributed by atoms with E-state index in [0.29, 0.717) is 11.9 Å². The Morgan fingerprint density at radius 3 is 2.62 bits per heavy atom. The zero-order valence-electron chi connectivity index (χ0n) is 18.9. The van der Waals surface area contributed by atoms with E-state index in [-0.39, 0.29) is 34.5 Å². The quantitative estimate of drug-likeness (QED) is 0.303. The van der Waals surface area contributed by atoms with Crippen LogP contribution in [-0.2, 0) is 17.6 Å². The number of nitrogens with one attached hydrogen (secondary N) is 1. The lowest BCUT2D eigenvalue weighted by Gasteiger charge is -2.28. The third-order valence-corrected chi connectivity index (χ3v) is 6.66. The number of benzene rings is 2. The van der Waals surface area contributed by atoms with Gasteiger partial charge in [0, 0.05) is 12.6 Å². The smallest absolute Gasteiger partial charge is 0.305 e. The normalized spacial score (nSPS) is 12.6. The summed E-state index contributed by atoms with van der Waals surface area (Å²) in [7, 11) is 0. The highest BCUT2D eigenvalue weighted by atomic mass is 35.5. The minimum Gasteiger partial charge on any atom is -0.506 e. The summed E-state index contributed by atoms with van der Waals surface area (Å²) in [5, 5.41) is 9.96. The van der Waals surface area contributed by atoms with E-state index in [1.165, 1.54) is 5.56 Å². The van der Waals surface area contributed by atoms with Crippen LogP contribution in [0.3, 0.4) is 0 Å². The Hall–Kier alpha value is -1.86. The van der Waals surface area contributed by atoms with Crippen LogP contribution in [0.4, 0.5) is 0 Å². The van der Waals surface area contributed by atoms with Crippen LogP contribution in [0.5, 0.6) is 5.75 Å². The van der Waals surface area contributed by atoms with Gasteiger partial charge in [-0.15, -0.1) is 12.4 Å². The molecule has 1 heterocycles. The Bertz CT molecular complexity index is 1020. The van der Waals surface area contributed by atoms with E-state index < -0.39 is 0 Å². The van der Waals surface area contributed by atoms with E-state index in [1.807, 2.05) is 12.1 Å². The molecule has 3 rings (SSSR count). The lowest BCUT2D eigenvalue weighted by molar-refractivity contribution is 0.129. The van der Waals surface area contributed by atoms with Crippen molar-refractivity contribution in [3.63, 3.8) is 0 Å². The largest absolute Gasteiger partial charge is 0.506 e. The topological polar surface area (TPSA) is 88.3 Å². The van der Waals surface area contributed by atoms with Gasteiger partial charge in [0.1, 0.15) is 11.3 Å². The molecule has 32 heavy (non-hydrogen) atoms. The Morgan fingerprint density at radius 1 is 1.12 bits per heavy atom. The first-order chi connectivity index (χ1) is 14.8. The first-order valence-corrected chi connectivity index (χ1v) is 11.9. The maximum atomic E-state index is 11.7. The van der Waals surface area contributed by atoms with Crippen molar-refractivity contribution in [2.45, 2.75) is 58.4 Å². The van der Waals surface area contributed by atoms with Gasteiger partial charge in [-0.1, -0.05) is 68.0 Å². The van der Waals surface area contributed by atoms with E-state index in [4.69, 9.17) is 10.5 Å². The molecular weight excluding hydrogens is 444 g/mol. The van der Waals surface area contributed by atoms with Crippen molar-refractivity contribution < 1.29 is 9.84 Å². The van der Waals surface area contributed by atoms with Crippen LogP contribution in [0.2, 0.25) is 0 Å². The minimum atomic E-state index is -0.155. The molecule has 3 aromatic rings. The molecule has 0 bridgehead atoms. The van der Waals surface area contributed by atoms with Crippen LogP contribution < -0.4 is 10.6 Å². The number of fused-ring (bicyclic) bond motifs is 1. The van der Waals surface area contributed by atoms with Crippen molar-refractivity contribution in [3.8, 4) is 5.75 Å². The van der Waals surface area contributed by atoms with Crippen LogP contribution in [0, 0.1) is 5.41 Å². The van der Waals surface area contributed by atoms with Gasteiger partial charge in [0.25, 0.3) is 0 Å². The van der Waals surface area contributed by atoms with E-state index in [2.05, 4.69) is 43.1 Å². The number of aromatic nitrogens is 1. The van der Waals surface area contributed by atoms with Crippen molar-refractivity contribution in [2.75, 3.05) is 13.2 Å². The molecule has 0 saturated carbocycles. The van der Waals surface area contributed by atoms with Gasteiger partial charge in [0.15, 0.2) is 0 Å². The molecule has 0 saturated heterocycles. The summed E-state index contributed by atoms with van der Waals surface area (Å²) in [4.78, 5) is 14.3. The highest BCUT2D eigenvalue weighted by Gasteiger charge is 2.22. The molecule has 0 fully saturated rings. The number of aromatic amines is 1. The zero-order chi connectivity index (χ0) is 22.3. The predicted octanol–water partition coefficient (Wildman–Crippen LogP) is 5.43. The highest BCUT2D eigenvalue weighted by molar-refractivity contribution is 7.16. The summed E-state index contributed by atoms with van der Waals surface area (Å²) < 4.78 is 6.60. The van der Waals surface area contributed by atoms with E-state index in [9.17, 15) is 9.90 Å². The van der Waals surface area contributed by atoms with Crippen molar-refractivity contribution in [1.29, 1.82) is 0 Å². The number of halogens is 1. The van der Waals surface area contributed by atoms with Gasteiger partial charge in [-0.25, -0.2) is 0 Å². The first-order valence-electron chi connectivity index (χ1n) is 11.0. The Kier molecular flexibility index (Phi) is 10.2. The summed E-state index contributed by atoms with van der Waals surface area (Å²) in [5.74, 6) is 0.108. The summed E-state index contributed by atoms with van der Waals surface area (Å²) in [6, 6.07) is 13.9. The number of phenolic OH excluding ortho intramolecular Hbond substituents is 1. The maximum absolute atomic E-state index is 11.7. The molecule has 4 N–H and O–H groups in total. The fourth-order valence-corrected chi connectivity index (χ4v) is 5.02. The van der Waals surface area contributed by atoms with Gasteiger partial charge >= 0.3 is 4.87 Å². The van der Waals surface area contributed by atoms with Crippen LogP contribution in [-0.4, -0.2) is 29.3 Å². The number of rotatable bonds is 12. The molecule has 2 aromatic carbocycles. The molecule has 5 nitrogen and oxygen atoms in total. The van der Waals surface area contributed by atoms with Crippen molar-refractivity contribution in [2.24, 2.45) is 11.1 Å². The average Bonchev–Trinajstić information content (AvgIpc) is 3.12. The number of hydrogen-bond acceptors (Lipinski definition) is 5. The lowest BCUT2D eigenvalue weighted by Crippen LogP contribution is -2.30. The second-order valence-electron chi connectivity index (χ2n) is 9.10. The Balaban J connectivity index is 0.00000363. The third-order valence-electron chi connectivity index (χ3n) is 5.71. The van der Waals surface area contributed by atoms with E-state index in [1.54, 1.807) is 6.07 Å². The number of ether oxygens (including phenoxy) is 1. The SMILES string of the molecule is CC(C)(CCCCOCCc1ccccc1)CC(N)Cc1ccc(O)c2[nH]c(=O)sc12.Cl. The molecule has 1 atom stereocenters. The van der Waals surface area contributed by atoms with Crippen LogP contribution in [0.15, 0.2) is 47.3 Å². The zero-order valence-corrected chi connectivity index (χ0v) is 20.6. The number of thiazole rings is 1. The Morgan fingerprint density at radius 2 is 1.88 bits per heavy atom. The number of aromatic hydroxyl groups is 1. The molecule has 0 aliphatic carbocycles. The summed E-state index contributed by atoms with van der Waals surface area (Å²) in [5.41, 5.74) is 9.48. The monoisotopic (exact) mass is 478 g/mol. The van der Waals surface area contributed by atoms with Gasteiger partial charge in [0.2, 0.25) is 0 Å². The molecule has 0 radical (unpaired) electrons. The predicted molar refractivity (Wildman–Crippen MR) is 136 cm³/mol. The van der Waals surface area contributed by atoms with Crippen molar-refractivity contribution in [1.82, 2.24) is 4.98 Å². The molecule has 7 heteroatoms. The summed E-state index contributed by atoms with van der Waals surface area (Å²) in [6.45, 7) is 6.10. The number of phenols is 1. The third kappa shape index (κ3) is 7.93. The first kappa shape index (κ1) is 26.4. The maximum Gasteiger partial charge on any atom is 0.305 e. The highest BCUT2D eigenvalue weighted by Crippen LogP contribution is 2.32.